The molecule has 0 atom stereocenters. The predicted octanol–water partition coefficient (Wildman–Crippen LogP) is 3.17. The number of pyridine rings is 1. The average Bonchev–Trinajstić information content (AvgIpc) is 3.29. The lowest BCUT2D eigenvalue weighted by Gasteiger charge is -2.18. The monoisotopic (exact) mass is 363 g/mol. The van der Waals surface area contributed by atoms with Gasteiger partial charge in [0.25, 0.3) is 0 Å². The second-order valence-corrected chi connectivity index (χ2v) is 6.84. The van der Waals surface area contributed by atoms with Crippen LogP contribution in [0, 0.1) is 0 Å². The second kappa shape index (κ2) is 6.79. The molecule has 0 N–H and O–H groups in total. The summed E-state index contributed by atoms with van der Waals surface area (Å²) < 4.78 is 7.30. The van der Waals surface area contributed by atoms with Gasteiger partial charge in [0.2, 0.25) is 0 Å². The lowest BCUT2D eigenvalue weighted by atomic mass is 10.2. The van der Waals surface area contributed by atoms with Gasteiger partial charge in [0.15, 0.2) is 11.4 Å². The van der Waals surface area contributed by atoms with E-state index in [4.69, 9.17) is 9.51 Å². The Labute approximate surface area is 156 Å². The Morgan fingerprint density at radius 3 is 2.81 bits per heavy atom. The Kier molecular flexibility index (Phi) is 4.31. The molecule has 0 amide bonds. The molecule has 0 radical (unpaired) electrons. The number of aryl methyl sites for hydroxylation is 1. The van der Waals surface area contributed by atoms with Gasteiger partial charge in [-0.15, -0.1) is 0 Å². The highest BCUT2D eigenvalue weighted by Gasteiger charge is 2.18. The van der Waals surface area contributed by atoms with Gasteiger partial charge in [-0.05, 0) is 12.1 Å². The fraction of sp³-hybridized carbons (Fsp3) is 0.316. The summed E-state index contributed by atoms with van der Waals surface area (Å²) in [4.78, 5) is 15.6. The van der Waals surface area contributed by atoms with E-state index in [1.165, 1.54) is 0 Å². The van der Waals surface area contributed by atoms with E-state index in [2.05, 4.69) is 34.1 Å². The Hall–Kier alpha value is -3.29. The summed E-state index contributed by atoms with van der Waals surface area (Å²) in [6.07, 6.45) is 5.30. The normalized spacial score (nSPS) is 11.4. The average molecular weight is 363 g/mol. The third-order valence-electron chi connectivity index (χ3n) is 4.38. The van der Waals surface area contributed by atoms with Gasteiger partial charge in [-0.2, -0.15) is 5.10 Å². The van der Waals surface area contributed by atoms with Crippen LogP contribution in [0.15, 0.2) is 41.3 Å². The van der Waals surface area contributed by atoms with E-state index in [1.54, 1.807) is 23.3 Å². The van der Waals surface area contributed by atoms with Crippen molar-refractivity contribution < 1.29 is 4.52 Å². The van der Waals surface area contributed by atoms with E-state index in [0.29, 0.717) is 6.54 Å². The standard InChI is InChI=1S/C19H21N7O/c1-12(2)17-22-18(15-10-21-26(4)19(15)23-17)25(3)11-14-8-16(24-27-14)13-6-5-7-20-9-13/h5-10,12H,11H2,1-4H3. The van der Waals surface area contributed by atoms with Gasteiger partial charge in [-0.3, -0.25) is 9.67 Å². The third-order valence-corrected chi connectivity index (χ3v) is 4.38. The summed E-state index contributed by atoms with van der Waals surface area (Å²) >= 11 is 0. The fourth-order valence-corrected chi connectivity index (χ4v) is 2.92. The first-order valence-corrected chi connectivity index (χ1v) is 8.79. The summed E-state index contributed by atoms with van der Waals surface area (Å²) in [7, 11) is 3.87. The fourth-order valence-electron chi connectivity index (χ4n) is 2.92. The molecular formula is C19H21N7O. The number of aromatic nitrogens is 6. The van der Waals surface area contributed by atoms with E-state index in [-0.39, 0.29) is 5.92 Å². The molecule has 4 aromatic heterocycles. The molecule has 0 aliphatic heterocycles. The summed E-state index contributed by atoms with van der Waals surface area (Å²) in [5.41, 5.74) is 2.52. The molecule has 27 heavy (non-hydrogen) atoms. The summed E-state index contributed by atoms with van der Waals surface area (Å²) in [6.45, 7) is 4.70. The van der Waals surface area contributed by atoms with Gasteiger partial charge in [0.05, 0.1) is 18.1 Å². The van der Waals surface area contributed by atoms with E-state index >= 15 is 0 Å². The molecule has 0 fully saturated rings. The van der Waals surface area contributed by atoms with Crippen molar-refractivity contribution in [3.63, 3.8) is 0 Å². The van der Waals surface area contributed by atoms with Gasteiger partial charge in [0.1, 0.15) is 17.3 Å². The number of hydrogen-bond acceptors (Lipinski definition) is 7. The van der Waals surface area contributed by atoms with Crippen molar-refractivity contribution in [2.24, 2.45) is 7.05 Å². The molecule has 0 saturated carbocycles. The summed E-state index contributed by atoms with van der Waals surface area (Å²) in [5.74, 6) is 2.59. The van der Waals surface area contributed by atoms with E-state index < -0.39 is 0 Å². The minimum Gasteiger partial charge on any atom is -0.359 e. The maximum absolute atomic E-state index is 5.52. The van der Waals surface area contributed by atoms with Crippen LogP contribution in [0.4, 0.5) is 5.82 Å². The molecule has 0 unspecified atom stereocenters. The van der Waals surface area contributed by atoms with Crippen LogP contribution in [-0.4, -0.2) is 36.9 Å². The highest BCUT2D eigenvalue weighted by molar-refractivity contribution is 5.86. The van der Waals surface area contributed by atoms with Crippen molar-refractivity contribution in [2.75, 3.05) is 11.9 Å². The van der Waals surface area contributed by atoms with Crippen LogP contribution in [-0.2, 0) is 13.6 Å². The summed E-state index contributed by atoms with van der Waals surface area (Å²) in [6, 6.07) is 5.76. The van der Waals surface area contributed by atoms with Gasteiger partial charge in [0, 0.05) is 44.0 Å². The summed E-state index contributed by atoms with van der Waals surface area (Å²) in [5, 5.41) is 9.40. The molecule has 0 saturated heterocycles. The van der Waals surface area contributed by atoms with Crippen molar-refractivity contribution in [3.05, 3.63) is 48.4 Å². The molecule has 0 aliphatic carbocycles. The van der Waals surface area contributed by atoms with Gasteiger partial charge in [-0.25, -0.2) is 9.97 Å². The highest BCUT2D eigenvalue weighted by atomic mass is 16.5. The van der Waals surface area contributed by atoms with E-state index in [1.807, 2.05) is 37.2 Å². The van der Waals surface area contributed by atoms with Crippen molar-refractivity contribution in [2.45, 2.75) is 26.3 Å². The second-order valence-electron chi connectivity index (χ2n) is 6.84. The van der Waals surface area contributed by atoms with Crippen LogP contribution in [0.3, 0.4) is 0 Å². The molecule has 138 valence electrons. The smallest absolute Gasteiger partial charge is 0.163 e. The van der Waals surface area contributed by atoms with Crippen molar-refractivity contribution in [1.82, 2.24) is 29.9 Å². The molecule has 4 rings (SSSR count). The van der Waals surface area contributed by atoms with Crippen molar-refractivity contribution in [3.8, 4) is 11.3 Å². The van der Waals surface area contributed by atoms with Gasteiger partial charge < -0.3 is 9.42 Å². The van der Waals surface area contributed by atoms with Gasteiger partial charge >= 0.3 is 0 Å². The van der Waals surface area contributed by atoms with Crippen LogP contribution in [0.25, 0.3) is 22.3 Å². The van der Waals surface area contributed by atoms with Crippen LogP contribution in [0.2, 0.25) is 0 Å². The molecule has 0 aliphatic rings. The Balaban J connectivity index is 1.65. The first-order chi connectivity index (χ1) is 13.0. The lowest BCUT2D eigenvalue weighted by molar-refractivity contribution is 0.385. The number of fused-ring (bicyclic) bond motifs is 1. The minimum absolute atomic E-state index is 0.221. The number of nitrogens with zero attached hydrogens (tertiary/aromatic N) is 7. The maximum atomic E-state index is 5.52. The van der Waals surface area contributed by atoms with Gasteiger partial charge in [-0.1, -0.05) is 19.0 Å². The molecule has 0 spiro atoms. The quantitative estimate of drug-likeness (QED) is 0.538. The van der Waals surface area contributed by atoms with Crippen LogP contribution >= 0.6 is 0 Å². The van der Waals surface area contributed by atoms with Crippen molar-refractivity contribution >= 4 is 16.9 Å². The first kappa shape index (κ1) is 17.1. The molecule has 0 aromatic carbocycles. The molecule has 4 heterocycles. The lowest BCUT2D eigenvalue weighted by Crippen LogP contribution is -2.19. The van der Waals surface area contributed by atoms with E-state index in [9.17, 15) is 0 Å². The predicted molar refractivity (Wildman–Crippen MR) is 102 cm³/mol. The zero-order chi connectivity index (χ0) is 19.0. The van der Waals surface area contributed by atoms with Crippen LogP contribution in [0.1, 0.15) is 31.4 Å². The third kappa shape index (κ3) is 3.25. The molecular weight excluding hydrogens is 342 g/mol. The largest absolute Gasteiger partial charge is 0.359 e. The van der Waals surface area contributed by atoms with Crippen LogP contribution in [0.5, 0.6) is 0 Å². The number of rotatable bonds is 5. The number of anilines is 1. The highest BCUT2D eigenvalue weighted by Crippen LogP contribution is 2.27. The topological polar surface area (TPSA) is 85.8 Å². The Morgan fingerprint density at radius 2 is 2.07 bits per heavy atom. The van der Waals surface area contributed by atoms with Crippen LogP contribution < -0.4 is 4.90 Å². The molecule has 0 bridgehead atoms. The molecule has 8 nitrogen and oxygen atoms in total. The zero-order valence-corrected chi connectivity index (χ0v) is 15.8. The number of hydrogen-bond donors (Lipinski definition) is 0. The minimum atomic E-state index is 0.221. The Bertz CT molecular complexity index is 1070. The SMILES string of the molecule is CC(C)c1nc(N(C)Cc2cc(-c3cccnc3)no2)c2cnn(C)c2n1. The van der Waals surface area contributed by atoms with E-state index in [0.717, 1.165) is 39.7 Å². The first-order valence-electron chi connectivity index (χ1n) is 8.79. The van der Waals surface area contributed by atoms with Crippen molar-refractivity contribution in [1.29, 1.82) is 0 Å². The molecule has 8 heteroatoms. The molecule has 4 aromatic rings. The Morgan fingerprint density at radius 1 is 1.22 bits per heavy atom. The zero-order valence-electron chi connectivity index (χ0n) is 15.8. The maximum Gasteiger partial charge on any atom is 0.163 e.